The molecular formula is C15H24Cl3N3O3. The molecule has 0 radical (unpaired) electrons. The molecular weight excluding hydrogens is 377 g/mol. The number of nitrogens with one attached hydrogen (secondary N) is 3. The van der Waals surface area contributed by atoms with E-state index < -0.39 is 0 Å². The quantitative estimate of drug-likeness (QED) is 0.560. The number of aliphatic hydroxyl groups is 1. The van der Waals surface area contributed by atoms with Crippen LogP contribution in [0.2, 0.25) is 5.02 Å². The highest BCUT2D eigenvalue weighted by atomic mass is 35.5. The summed E-state index contributed by atoms with van der Waals surface area (Å²) in [7, 11) is 1.59. The molecule has 6 nitrogen and oxygen atoms in total. The maximum Gasteiger partial charge on any atom is 0.221 e. The summed E-state index contributed by atoms with van der Waals surface area (Å²) < 4.78 is 5.23. The highest BCUT2D eigenvalue weighted by molar-refractivity contribution is 6.30. The SMILES string of the molecule is COc1ccc(Cl)cc1NCCC(=O)NCC1CNCC1O.Cl.Cl. The highest BCUT2D eigenvalue weighted by Crippen LogP contribution is 2.27. The third kappa shape index (κ3) is 6.91. The van der Waals surface area contributed by atoms with E-state index in [1.165, 1.54) is 0 Å². The van der Waals surface area contributed by atoms with E-state index in [1.54, 1.807) is 25.3 Å². The van der Waals surface area contributed by atoms with Gasteiger partial charge in [0.1, 0.15) is 5.75 Å². The van der Waals surface area contributed by atoms with Crippen molar-refractivity contribution in [2.75, 3.05) is 38.6 Å². The van der Waals surface area contributed by atoms with Crippen LogP contribution >= 0.6 is 36.4 Å². The first kappa shape index (κ1) is 23.1. The van der Waals surface area contributed by atoms with Gasteiger partial charge in [0.25, 0.3) is 0 Å². The molecule has 0 bridgehead atoms. The summed E-state index contributed by atoms with van der Waals surface area (Å²) in [6.45, 7) is 2.30. The maximum atomic E-state index is 11.8. The predicted octanol–water partition coefficient (Wildman–Crippen LogP) is 1.69. The zero-order valence-corrected chi connectivity index (χ0v) is 15.8. The molecule has 1 saturated heterocycles. The second kappa shape index (κ2) is 11.6. The lowest BCUT2D eigenvalue weighted by atomic mass is 10.1. The average Bonchev–Trinajstić information content (AvgIpc) is 2.91. The van der Waals surface area contributed by atoms with Gasteiger partial charge in [-0.15, -0.1) is 24.8 Å². The monoisotopic (exact) mass is 399 g/mol. The van der Waals surface area contributed by atoms with Gasteiger partial charge in [0.15, 0.2) is 0 Å². The number of halogens is 3. The van der Waals surface area contributed by atoms with E-state index in [0.29, 0.717) is 36.8 Å². The summed E-state index contributed by atoms with van der Waals surface area (Å²) in [6.07, 6.45) is -0.0412. The Morgan fingerprint density at radius 2 is 2.17 bits per heavy atom. The van der Waals surface area contributed by atoms with Crippen LogP contribution in [0.15, 0.2) is 18.2 Å². The molecule has 0 aromatic heterocycles. The molecule has 1 fully saturated rings. The number of amides is 1. The molecule has 1 aliphatic heterocycles. The third-order valence-electron chi connectivity index (χ3n) is 3.69. The summed E-state index contributed by atoms with van der Waals surface area (Å²) >= 11 is 5.95. The van der Waals surface area contributed by atoms with Crippen LogP contribution in [-0.4, -0.2) is 50.4 Å². The average molecular weight is 401 g/mol. The van der Waals surface area contributed by atoms with Gasteiger partial charge in [-0.05, 0) is 18.2 Å². The summed E-state index contributed by atoms with van der Waals surface area (Å²) in [6, 6.07) is 5.29. The fourth-order valence-corrected chi connectivity index (χ4v) is 2.56. The van der Waals surface area contributed by atoms with Gasteiger partial charge in [-0.25, -0.2) is 0 Å². The van der Waals surface area contributed by atoms with Gasteiger partial charge in [0, 0.05) is 43.5 Å². The van der Waals surface area contributed by atoms with E-state index in [2.05, 4.69) is 16.0 Å². The number of rotatable bonds is 7. The highest BCUT2D eigenvalue weighted by Gasteiger charge is 2.24. The van der Waals surface area contributed by atoms with E-state index in [0.717, 1.165) is 12.2 Å². The van der Waals surface area contributed by atoms with Crippen molar-refractivity contribution in [1.29, 1.82) is 0 Å². The minimum Gasteiger partial charge on any atom is -0.495 e. The minimum atomic E-state index is -0.380. The third-order valence-corrected chi connectivity index (χ3v) is 3.93. The number of anilines is 1. The Morgan fingerprint density at radius 3 is 2.79 bits per heavy atom. The first-order chi connectivity index (χ1) is 10.6. The van der Waals surface area contributed by atoms with Gasteiger partial charge in [-0.3, -0.25) is 4.79 Å². The Bertz CT molecular complexity index is 520. The largest absolute Gasteiger partial charge is 0.495 e. The molecule has 0 aliphatic carbocycles. The van der Waals surface area contributed by atoms with Crippen molar-refractivity contribution < 1.29 is 14.6 Å². The molecule has 9 heteroatoms. The Hall–Kier alpha value is -0.920. The number of carbonyl (C=O) groups excluding carboxylic acids is 1. The molecule has 24 heavy (non-hydrogen) atoms. The molecule has 1 amide bonds. The van der Waals surface area contributed by atoms with Gasteiger partial charge >= 0.3 is 0 Å². The van der Waals surface area contributed by atoms with Crippen molar-refractivity contribution in [2.45, 2.75) is 12.5 Å². The van der Waals surface area contributed by atoms with Crippen LogP contribution in [0.5, 0.6) is 5.75 Å². The summed E-state index contributed by atoms with van der Waals surface area (Å²) in [5, 5.41) is 19.3. The smallest absolute Gasteiger partial charge is 0.221 e. The summed E-state index contributed by atoms with van der Waals surface area (Å²) in [4.78, 5) is 11.8. The van der Waals surface area contributed by atoms with Gasteiger partial charge in [-0.1, -0.05) is 11.6 Å². The molecule has 1 heterocycles. The molecule has 1 aliphatic rings. The van der Waals surface area contributed by atoms with Crippen LogP contribution in [-0.2, 0) is 4.79 Å². The molecule has 0 spiro atoms. The molecule has 138 valence electrons. The van der Waals surface area contributed by atoms with Gasteiger partial charge in [-0.2, -0.15) is 0 Å². The fraction of sp³-hybridized carbons (Fsp3) is 0.533. The topological polar surface area (TPSA) is 82.6 Å². The second-order valence-electron chi connectivity index (χ2n) is 5.31. The van der Waals surface area contributed by atoms with E-state index in [1.807, 2.05) is 0 Å². The standard InChI is InChI=1S/C15H22ClN3O3.2ClH/c1-22-14-3-2-11(16)6-12(14)18-5-4-15(21)19-8-10-7-17-9-13(10)20;;/h2-3,6,10,13,17-18,20H,4-5,7-9H2,1H3,(H,19,21);2*1H. The van der Waals surface area contributed by atoms with Crippen molar-refractivity contribution in [2.24, 2.45) is 5.92 Å². The van der Waals surface area contributed by atoms with E-state index in [4.69, 9.17) is 16.3 Å². The lowest BCUT2D eigenvalue weighted by molar-refractivity contribution is -0.121. The number of hydrogen-bond acceptors (Lipinski definition) is 5. The van der Waals surface area contributed by atoms with Crippen LogP contribution in [0.1, 0.15) is 6.42 Å². The van der Waals surface area contributed by atoms with Gasteiger partial charge in [0.2, 0.25) is 5.91 Å². The summed E-state index contributed by atoms with van der Waals surface area (Å²) in [5.74, 6) is 0.725. The first-order valence-electron chi connectivity index (χ1n) is 7.33. The lowest BCUT2D eigenvalue weighted by Crippen LogP contribution is -2.35. The Kier molecular flexibility index (Phi) is 11.2. The second-order valence-corrected chi connectivity index (χ2v) is 5.75. The van der Waals surface area contributed by atoms with Crippen LogP contribution in [0.3, 0.4) is 0 Å². The van der Waals surface area contributed by atoms with E-state index in [-0.39, 0.29) is 42.7 Å². The Labute approximate surface area is 159 Å². The van der Waals surface area contributed by atoms with Gasteiger partial charge < -0.3 is 25.8 Å². The zero-order chi connectivity index (χ0) is 15.9. The number of benzene rings is 1. The normalized spacial score (nSPS) is 19.0. The zero-order valence-electron chi connectivity index (χ0n) is 13.4. The number of aliphatic hydroxyl groups excluding tert-OH is 1. The van der Waals surface area contributed by atoms with E-state index >= 15 is 0 Å². The molecule has 0 saturated carbocycles. The Balaban J connectivity index is 0.00000264. The molecule has 1 aromatic carbocycles. The van der Waals surface area contributed by atoms with Crippen molar-refractivity contribution in [1.82, 2.24) is 10.6 Å². The lowest BCUT2D eigenvalue weighted by Gasteiger charge is -2.15. The van der Waals surface area contributed by atoms with E-state index in [9.17, 15) is 9.90 Å². The number of methoxy groups -OCH3 is 1. The fourth-order valence-electron chi connectivity index (χ4n) is 2.39. The maximum absolute atomic E-state index is 11.8. The number of ether oxygens (including phenoxy) is 1. The predicted molar refractivity (Wildman–Crippen MR) is 101 cm³/mol. The van der Waals surface area contributed by atoms with Crippen molar-refractivity contribution in [3.8, 4) is 5.75 Å². The van der Waals surface area contributed by atoms with Gasteiger partial charge in [0.05, 0.1) is 18.9 Å². The van der Waals surface area contributed by atoms with Crippen LogP contribution in [0, 0.1) is 5.92 Å². The van der Waals surface area contributed by atoms with Crippen molar-refractivity contribution >= 4 is 48.0 Å². The molecule has 2 unspecified atom stereocenters. The van der Waals surface area contributed by atoms with Crippen molar-refractivity contribution in [3.05, 3.63) is 23.2 Å². The van der Waals surface area contributed by atoms with Crippen molar-refractivity contribution in [3.63, 3.8) is 0 Å². The summed E-state index contributed by atoms with van der Waals surface area (Å²) in [5.41, 5.74) is 0.762. The first-order valence-corrected chi connectivity index (χ1v) is 7.71. The van der Waals surface area contributed by atoms with Crippen LogP contribution < -0.4 is 20.7 Å². The Morgan fingerprint density at radius 1 is 1.42 bits per heavy atom. The molecule has 1 aromatic rings. The molecule has 4 N–H and O–H groups in total. The van der Waals surface area contributed by atoms with Crippen LogP contribution in [0.25, 0.3) is 0 Å². The molecule has 2 rings (SSSR count). The van der Waals surface area contributed by atoms with Crippen LogP contribution in [0.4, 0.5) is 5.69 Å². The number of β-amino-alcohol motifs (C(OH)–C–C–N with tert-alkyl or cyclic N) is 1. The number of hydrogen-bond donors (Lipinski definition) is 4. The minimum absolute atomic E-state index is 0. The molecule has 2 atom stereocenters. The number of carbonyl (C=O) groups is 1.